The Morgan fingerprint density at radius 3 is 3.11 bits per heavy atom. The summed E-state index contributed by atoms with van der Waals surface area (Å²) < 4.78 is 9.94. The van der Waals surface area contributed by atoms with Crippen LogP contribution in [0.3, 0.4) is 0 Å². The molecule has 0 aromatic carbocycles. The fourth-order valence-electron chi connectivity index (χ4n) is 0.451. The lowest BCUT2D eigenvalue weighted by Crippen LogP contribution is -2.22. The highest BCUT2D eigenvalue weighted by Gasteiger charge is 2.22. The van der Waals surface area contributed by atoms with Crippen molar-refractivity contribution in [3.05, 3.63) is 12.7 Å². The molecule has 52 valence electrons. The molecule has 0 bridgehead atoms. The largest absolute Gasteiger partial charge is 0.371 e. The molecule has 0 saturated carbocycles. The van der Waals surface area contributed by atoms with Gasteiger partial charge in [-0.3, -0.25) is 0 Å². The Morgan fingerprint density at radius 2 is 2.67 bits per heavy atom. The van der Waals surface area contributed by atoms with Crippen LogP contribution in [0.1, 0.15) is 0 Å². The summed E-state index contributed by atoms with van der Waals surface area (Å²) in [6.45, 7) is 4.87. The molecule has 1 fully saturated rings. The van der Waals surface area contributed by atoms with Crippen LogP contribution in [-0.2, 0) is 9.47 Å². The van der Waals surface area contributed by atoms with Crippen molar-refractivity contribution in [1.82, 2.24) is 0 Å². The lowest BCUT2D eigenvalue weighted by molar-refractivity contribution is 0.0763. The maximum absolute atomic E-state index is 5.35. The van der Waals surface area contributed by atoms with Gasteiger partial charge >= 0.3 is 0 Å². The molecule has 0 aromatic rings. The highest BCUT2D eigenvalue weighted by molar-refractivity contribution is 4.76. The Balaban J connectivity index is 1.95. The van der Waals surface area contributed by atoms with E-state index in [4.69, 9.17) is 15.2 Å². The number of nitrogens with two attached hydrogens (primary N) is 1. The minimum absolute atomic E-state index is 0.288. The maximum Gasteiger partial charge on any atom is 0.124 e. The number of ether oxygens (including phenoxy) is 2. The lowest BCUT2D eigenvalue weighted by atomic mass is 10.5. The Labute approximate surface area is 54.4 Å². The first-order valence-electron chi connectivity index (χ1n) is 2.94. The van der Waals surface area contributed by atoms with Gasteiger partial charge in [0, 0.05) is 0 Å². The second kappa shape index (κ2) is 2.96. The summed E-state index contributed by atoms with van der Waals surface area (Å²) in [6, 6.07) is 0. The summed E-state index contributed by atoms with van der Waals surface area (Å²) >= 11 is 0. The van der Waals surface area contributed by atoms with Crippen LogP contribution in [0.2, 0.25) is 0 Å². The minimum atomic E-state index is -0.339. The average Bonchev–Trinajstić information content (AvgIpc) is 2.65. The van der Waals surface area contributed by atoms with Crippen LogP contribution in [-0.4, -0.2) is 25.5 Å². The SMILES string of the molecule is C=CC(N)OCC1CO1. The molecule has 2 atom stereocenters. The third-order valence-corrected chi connectivity index (χ3v) is 1.11. The molecular weight excluding hydrogens is 118 g/mol. The fourth-order valence-corrected chi connectivity index (χ4v) is 0.451. The maximum atomic E-state index is 5.35. The van der Waals surface area contributed by atoms with Crippen LogP contribution >= 0.6 is 0 Å². The third-order valence-electron chi connectivity index (χ3n) is 1.11. The quantitative estimate of drug-likeness (QED) is 0.327. The van der Waals surface area contributed by atoms with E-state index in [1.807, 2.05) is 0 Å². The van der Waals surface area contributed by atoms with E-state index >= 15 is 0 Å². The molecule has 0 spiro atoms. The van der Waals surface area contributed by atoms with Crippen LogP contribution in [0.5, 0.6) is 0 Å². The summed E-state index contributed by atoms with van der Waals surface area (Å²) in [6.07, 6.45) is 1.51. The van der Waals surface area contributed by atoms with Crippen molar-refractivity contribution in [2.45, 2.75) is 12.3 Å². The van der Waals surface area contributed by atoms with Gasteiger partial charge in [0.2, 0.25) is 0 Å². The standard InChI is InChI=1S/C6H11NO2/c1-2-6(7)9-4-5-3-8-5/h2,5-6H,1,3-4,7H2. The zero-order chi connectivity index (χ0) is 6.69. The first-order chi connectivity index (χ1) is 4.33. The minimum Gasteiger partial charge on any atom is -0.371 e. The number of epoxide rings is 1. The van der Waals surface area contributed by atoms with Crippen molar-refractivity contribution in [2.24, 2.45) is 5.73 Å². The van der Waals surface area contributed by atoms with Crippen molar-refractivity contribution in [3.8, 4) is 0 Å². The van der Waals surface area contributed by atoms with E-state index in [1.54, 1.807) is 6.08 Å². The van der Waals surface area contributed by atoms with Gasteiger partial charge in [-0.15, -0.1) is 0 Å². The molecule has 2 unspecified atom stereocenters. The number of hydrogen-bond donors (Lipinski definition) is 1. The summed E-state index contributed by atoms with van der Waals surface area (Å²) in [7, 11) is 0. The van der Waals surface area contributed by atoms with Gasteiger partial charge < -0.3 is 15.2 Å². The number of rotatable bonds is 4. The molecule has 0 aromatic heterocycles. The average molecular weight is 129 g/mol. The van der Waals surface area contributed by atoms with Crippen LogP contribution in [0.15, 0.2) is 12.7 Å². The zero-order valence-electron chi connectivity index (χ0n) is 5.25. The number of hydrogen-bond acceptors (Lipinski definition) is 3. The molecule has 1 rings (SSSR count). The fraction of sp³-hybridized carbons (Fsp3) is 0.667. The van der Waals surface area contributed by atoms with Crippen molar-refractivity contribution in [1.29, 1.82) is 0 Å². The topological polar surface area (TPSA) is 47.8 Å². The van der Waals surface area contributed by atoms with Gasteiger partial charge in [0.1, 0.15) is 12.3 Å². The Morgan fingerprint density at radius 1 is 2.00 bits per heavy atom. The highest BCUT2D eigenvalue weighted by Crippen LogP contribution is 2.08. The van der Waals surface area contributed by atoms with Gasteiger partial charge in [-0.25, -0.2) is 0 Å². The molecule has 2 N–H and O–H groups in total. The molecule has 3 heteroatoms. The van der Waals surface area contributed by atoms with E-state index in [-0.39, 0.29) is 12.3 Å². The Bertz CT molecular complexity index is 101. The van der Waals surface area contributed by atoms with E-state index in [1.165, 1.54) is 0 Å². The molecule has 1 aliphatic rings. The predicted octanol–water partition coefficient (Wildman–Crippen LogP) is -0.127. The first kappa shape index (κ1) is 6.74. The van der Waals surface area contributed by atoms with E-state index in [9.17, 15) is 0 Å². The van der Waals surface area contributed by atoms with Gasteiger partial charge in [-0.2, -0.15) is 0 Å². The molecule has 0 radical (unpaired) electrons. The summed E-state index contributed by atoms with van der Waals surface area (Å²) in [5, 5.41) is 0. The van der Waals surface area contributed by atoms with Crippen LogP contribution in [0.4, 0.5) is 0 Å². The van der Waals surface area contributed by atoms with E-state index in [2.05, 4.69) is 6.58 Å². The molecule has 0 amide bonds. The lowest BCUT2D eigenvalue weighted by Gasteiger charge is -2.04. The van der Waals surface area contributed by atoms with E-state index < -0.39 is 0 Å². The Kier molecular flexibility index (Phi) is 2.22. The van der Waals surface area contributed by atoms with Gasteiger partial charge in [0.05, 0.1) is 13.2 Å². The van der Waals surface area contributed by atoms with E-state index in [0.717, 1.165) is 6.61 Å². The van der Waals surface area contributed by atoms with Gasteiger partial charge in [-0.1, -0.05) is 6.58 Å². The molecule has 3 nitrogen and oxygen atoms in total. The molecule has 9 heavy (non-hydrogen) atoms. The summed E-state index contributed by atoms with van der Waals surface area (Å²) in [4.78, 5) is 0. The monoisotopic (exact) mass is 129 g/mol. The van der Waals surface area contributed by atoms with Gasteiger partial charge in [-0.05, 0) is 6.08 Å². The normalized spacial score (nSPS) is 27.4. The highest BCUT2D eigenvalue weighted by atomic mass is 16.6. The molecule has 1 heterocycles. The zero-order valence-corrected chi connectivity index (χ0v) is 5.25. The van der Waals surface area contributed by atoms with Crippen molar-refractivity contribution < 1.29 is 9.47 Å². The smallest absolute Gasteiger partial charge is 0.124 e. The van der Waals surface area contributed by atoms with Crippen molar-refractivity contribution >= 4 is 0 Å². The van der Waals surface area contributed by atoms with Crippen LogP contribution in [0.25, 0.3) is 0 Å². The Hall–Kier alpha value is -0.380. The molecule has 1 saturated heterocycles. The third kappa shape index (κ3) is 2.60. The molecule has 1 aliphatic heterocycles. The van der Waals surface area contributed by atoms with E-state index in [0.29, 0.717) is 6.61 Å². The predicted molar refractivity (Wildman–Crippen MR) is 33.9 cm³/mol. The van der Waals surface area contributed by atoms with Crippen LogP contribution < -0.4 is 5.73 Å². The summed E-state index contributed by atoms with van der Waals surface area (Å²) in [5.74, 6) is 0. The van der Waals surface area contributed by atoms with Crippen molar-refractivity contribution in [2.75, 3.05) is 13.2 Å². The van der Waals surface area contributed by atoms with Crippen LogP contribution in [0, 0.1) is 0 Å². The summed E-state index contributed by atoms with van der Waals surface area (Å²) in [5.41, 5.74) is 5.35. The van der Waals surface area contributed by atoms with Gasteiger partial charge in [0.15, 0.2) is 0 Å². The molecular formula is C6H11NO2. The second-order valence-electron chi connectivity index (χ2n) is 1.99. The second-order valence-corrected chi connectivity index (χ2v) is 1.99. The molecule has 0 aliphatic carbocycles. The van der Waals surface area contributed by atoms with Gasteiger partial charge in [0.25, 0.3) is 0 Å². The first-order valence-corrected chi connectivity index (χ1v) is 2.94. The van der Waals surface area contributed by atoms with Crippen molar-refractivity contribution in [3.63, 3.8) is 0 Å².